The van der Waals surface area contributed by atoms with Gasteiger partial charge in [0, 0.05) is 19.3 Å². The molecule has 1 aliphatic heterocycles. The van der Waals surface area contributed by atoms with Crippen LogP contribution in [-0.4, -0.2) is 47.0 Å². The number of nitrogens with two attached hydrogens (primary N) is 1. The maximum absolute atomic E-state index is 12.7. The minimum atomic E-state index is -3.79. The van der Waals surface area contributed by atoms with Gasteiger partial charge in [-0.2, -0.15) is 4.31 Å². The number of halogens is 1. The summed E-state index contributed by atoms with van der Waals surface area (Å²) in [6.45, 7) is 1.30. The van der Waals surface area contributed by atoms with E-state index in [2.05, 4.69) is 0 Å². The lowest BCUT2D eigenvalue weighted by Gasteiger charge is -2.30. The van der Waals surface area contributed by atoms with Gasteiger partial charge in [-0.15, -0.1) is 12.4 Å². The molecule has 1 aromatic carbocycles. The molecule has 0 aliphatic carbocycles. The first-order chi connectivity index (χ1) is 9.76. The standard InChI is InChI=1S/C13H20N2O4S2.ClH/c1-20(16,17)12-4-2-3-5-13(12)21(18,19)15-8-6-11(10-14)7-9-15;/h2-5,11H,6-10,14H2,1H3;1H. The summed E-state index contributed by atoms with van der Waals surface area (Å²) >= 11 is 0. The maximum Gasteiger partial charge on any atom is 0.244 e. The monoisotopic (exact) mass is 368 g/mol. The van der Waals surface area contributed by atoms with Crippen molar-refractivity contribution in [2.45, 2.75) is 22.6 Å². The van der Waals surface area contributed by atoms with Crippen LogP contribution in [0.3, 0.4) is 0 Å². The molecule has 1 aromatic rings. The number of piperidine rings is 1. The normalized spacial score (nSPS) is 17.9. The van der Waals surface area contributed by atoms with Gasteiger partial charge in [-0.1, -0.05) is 12.1 Å². The number of benzene rings is 1. The quantitative estimate of drug-likeness (QED) is 0.850. The summed E-state index contributed by atoms with van der Waals surface area (Å²) in [6.07, 6.45) is 2.43. The van der Waals surface area contributed by atoms with E-state index < -0.39 is 19.9 Å². The van der Waals surface area contributed by atoms with E-state index in [-0.39, 0.29) is 22.2 Å². The van der Waals surface area contributed by atoms with E-state index in [9.17, 15) is 16.8 Å². The summed E-state index contributed by atoms with van der Waals surface area (Å²) in [4.78, 5) is -0.287. The lowest BCUT2D eigenvalue weighted by atomic mass is 9.99. The van der Waals surface area contributed by atoms with Crippen LogP contribution in [0.1, 0.15) is 12.8 Å². The van der Waals surface area contributed by atoms with Gasteiger partial charge in [0.2, 0.25) is 10.0 Å². The highest BCUT2D eigenvalue weighted by Crippen LogP contribution is 2.27. The lowest BCUT2D eigenvalue weighted by Crippen LogP contribution is -2.40. The highest BCUT2D eigenvalue weighted by atomic mass is 35.5. The Hall–Kier alpha value is -0.670. The first-order valence-corrected chi connectivity index (χ1v) is 10.1. The molecule has 2 rings (SSSR count). The molecular formula is C13H21ClN2O4S2. The van der Waals surface area contributed by atoms with Crippen molar-refractivity contribution in [3.05, 3.63) is 24.3 Å². The molecule has 0 spiro atoms. The van der Waals surface area contributed by atoms with Crippen LogP contribution < -0.4 is 5.73 Å². The Labute approximate surface area is 138 Å². The van der Waals surface area contributed by atoms with Gasteiger partial charge < -0.3 is 5.73 Å². The molecule has 0 atom stereocenters. The van der Waals surface area contributed by atoms with E-state index in [4.69, 9.17) is 5.73 Å². The topological polar surface area (TPSA) is 97.5 Å². The summed E-state index contributed by atoms with van der Waals surface area (Å²) in [5.41, 5.74) is 5.60. The van der Waals surface area contributed by atoms with Crippen LogP contribution in [0, 0.1) is 5.92 Å². The molecule has 6 nitrogen and oxygen atoms in total. The zero-order valence-corrected chi connectivity index (χ0v) is 14.8. The van der Waals surface area contributed by atoms with E-state index >= 15 is 0 Å². The molecule has 2 N–H and O–H groups in total. The predicted octanol–water partition coefficient (Wildman–Crippen LogP) is 0.871. The molecule has 1 saturated heterocycles. The van der Waals surface area contributed by atoms with Gasteiger partial charge in [-0.05, 0) is 37.4 Å². The van der Waals surface area contributed by atoms with Crippen molar-refractivity contribution in [2.24, 2.45) is 11.7 Å². The summed E-state index contributed by atoms with van der Waals surface area (Å²) in [5.74, 6) is 0.335. The van der Waals surface area contributed by atoms with Crippen molar-refractivity contribution in [2.75, 3.05) is 25.9 Å². The molecule has 1 fully saturated rings. The first kappa shape index (κ1) is 19.4. The van der Waals surface area contributed by atoms with Gasteiger partial charge in [0.25, 0.3) is 0 Å². The van der Waals surface area contributed by atoms with Crippen LogP contribution >= 0.6 is 12.4 Å². The predicted molar refractivity (Wildman–Crippen MR) is 87.3 cm³/mol. The third-order valence-corrected chi connectivity index (χ3v) is 7.01. The summed E-state index contributed by atoms with van der Waals surface area (Å²) in [6, 6.07) is 5.74. The Kier molecular flexibility index (Phi) is 6.40. The zero-order valence-electron chi connectivity index (χ0n) is 12.3. The molecule has 0 amide bonds. The van der Waals surface area contributed by atoms with Crippen LogP contribution in [-0.2, 0) is 19.9 Å². The van der Waals surface area contributed by atoms with Gasteiger partial charge in [0.05, 0.1) is 4.90 Å². The van der Waals surface area contributed by atoms with Gasteiger partial charge >= 0.3 is 0 Å². The molecule has 1 heterocycles. The third kappa shape index (κ3) is 3.99. The second kappa shape index (κ2) is 7.27. The average molecular weight is 369 g/mol. The maximum atomic E-state index is 12.7. The molecule has 0 bridgehead atoms. The van der Waals surface area contributed by atoms with Crippen LogP contribution in [0.4, 0.5) is 0 Å². The first-order valence-electron chi connectivity index (χ1n) is 6.76. The molecule has 0 aromatic heterocycles. The van der Waals surface area contributed by atoms with E-state index in [1.807, 2.05) is 0 Å². The Balaban J connectivity index is 0.00000242. The van der Waals surface area contributed by atoms with Crippen molar-refractivity contribution in [1.29, 1.82) is 0 Å². The van der Waals surface area contributed by atoms with Gasteiger partial charge in [-0.25, -0.2) is 16.8 Å². The molecule has 9 heteroatoms. The highest BCUT2D eigenvalue weighted by Gasteiger charge is 2.32. The molecule has 22 heavy (non-hydrogen) atoms. The van der Waals surface area contributed by atoms with E-state index in [0.717, 1.165) is 6.26 Å². The fourth-order valence-corrected chi connectivity index (χ4v) is 5.57. The Morgan fingerprint density at radius 1 is 1.09 bits per heavy atom. The lowest BCUT2D eigenvalue weighted by molar-refractivity contribution is 0.278. The van der Waals surface area contributed by atoms with E-state index in [1.54, 1.807) is 0 Å². The average Bonchev–Trinajstić information content (AvgIpc) is 2.46. The number of hydrogen-bond donors (Lipinski definition) is 1. The van der Waals surface area contributed by atoms with Gasteiger partial charge in [0.1, 0.15) is 4.90 Å². The van der Waals surface area contributed by atoms with Gasteiger partial charge in [-0.3, -0.25) is 0 Å². The van der Waals surface area contributed by atoms with Crippen molar-refractivity contribution >= 4 is 32.3 Å². The Bertz CT molecular complexity index is 711. The summed E-state index contributed by atoms with van der Waals surface area (Å²) < 4.78 is 50.3. The van der Waals surface area contributed by atoms with Crippen LogP contribution in [0.5, 0.6) is 0 Å². The second-order valence-electron chi connectivity index (χ2n) is 5.30. The number of sulfone groups is 1. The minimum absolute atomic E-state index is 0. The number of nitrogens with zero attached hydrogens (tertiary/aromatic N) is 1. The third-order valence-electron chi connectivity index (χ3n) is 3.77. The van der Waals surface area contributed by atoms with E-state index in [0.29, 0.717) is 38.4 Å². The van der Waals surface area contributed by atoms with Crippen LogP contribution in [0.2, 0.25) is 0 Å². The zero-order chi connectivity index (χ0) is 15.7. The van der Waals surface area contributed by atoms with Crippen LogP contribution in [0.25, 0.3) is 0 Å². The van der Waals surface area contributed by atoms with Crippen molar-refractivity contribution in [3.8, 4) is 0 Å². The Morgan fingerprint density at radius 3 is 2.05 bits per heavy atom. The molecule has 0 unspecified atom stereocenters. The summed E-state index contributed by atoms with van der Waals surface area (Å²) in [5, 5.41) is 0. The molecular weight excluding hydrogens is 348 g/mol. The van der Waals surface area contributed by atoms with E-state index in [1.165, 1.54) is 28.6 Å². The largest absolute Gasteiger partial charge is 0.330 e. The molecule has 0 radical (unpaired) electrons. The molecule has 126 valence electrons. The second-order valence-corrected chi connectivity index (χ2v) is 9.19. The number of rotatable bonds is 4. The minimum Gasteiger partial charge on any atom is -0.330 e. The fourth-order valence-electron chi connectivity index (χ4n) is 2.49. The number of hydrogen-bond acceptors (Lipinski definition) is 5. The van der Waals surface area contributed by atoms with Crippen molar-refractivity contribution in [3.63, 3.8) is 0 Å². The SMILES string of the molecule is CS(=O)(=O)c1ccccc1S(=O)(=O)N1CCC(CN)CC1.Cl. The number of sulfonamides is 1. The van der Waals surface area contributed by atoms with Crippen molar-refractivity contribution in [1.82, 2.24) is 4.31 Å². The Morgan fingerprint density at radius 2 is 1.59 bits per heavy atom. The van der Waals surface area contributed by atoms with Crippen molar-refractivity contribution < 1.29 is 16.8 Å². The molecule has 0 saturated carbocycles. The molecule has 1 aliphatic rings. The highest BCUT2D eigenvalue weighted by molar-refractivity contribution is 7.93. The smallest absolute Gasteiger partial charge is 0.244 e. The fraction of sp³-hybridized carbons (Fsp3) is 0.538. The van der Waals surface area contributed by atoms with Gasteiger partial charge in [0.15, 0.2) is 9.84 Å². The summed E-state index contributed by atoms with van der Waals surface area (Å²) in [7, 11) is -7.39. The van der Waals surface area contributed by atoms with Crippen LogP contribution in [0.15, 0.2) is 34.1 Å².